The molecule has 4 heteroatoms. The maximum atomic E-state index is 12.2. The van der Waals surface area contributed by atoms with Crippen molar-refractivity contribution in [1.29, 1.82) is 0 Å². The van der Waals surface area contributed by atoms with E-state index in [0.29, 0.717) is 17.7 Å². The molecule has 2 aromatic carbocycles. The van der Waals surface area contributed by atoms with Gasteiger partial charge < -0.3 is 9.84 Å². The quantitative estimate of drug-likeness (QED) is 0.860. The maximum absolute atomic E-state index is 12.2. The Balaban J connectivity index is 1.65. The van der Waals surface area contributed by atoms with Crippen molar-refractivity contribution in [2.45, 2.75) is 6.42 Å². The van der Waals surface area contributed by atoms with E-state index in [1.54, 1.807) is 31.4 Å². The summed E-state index contributed by atoms with van der Waals surface area (Å²) in [6, 6.07) is 14.8. The summed E-state index contributed by atoms with van der Waals surface area (Å²) in [6.07, 6.45) is 2.23. The molecule has 0 saturated heterocycles. The van der Waals surface area contributed by atoms with Gasteiger partial charge in [-0.25, -0.2) is 0 Å². The van der Waals surface area contributed by atoms with E-state index in [1.807, 2.05) is 24.3 Å². The summed E-state index contributed by atoms with van der Waals surface area (Å²) in [4.78, 5) is 16.5. The van der Waals surface area contributed by atoms with Crippen LogP contribution in [-0.2, 0) is 6.42 Å². The number of methoxy groups -OCH3 is 1. The highest BCUT2D eigenvalue weighted by Crippen LogP contribution is 2.29. The van der Waals surface area contributed by atoms with E-state index in [0.717, 1.165) is 17.7 Å². The largest absolute Gasteiger partial charge is 0.506 e. The van der Waals surface area contributed by atoms with Crippen molar-refractivity contribution in [3.05, 3.63) is 70.8 Å². The summed E-state index contributed by atoms with van der Waals surface area (Å²) in [5, 5.41) is 10.1. The second kappa shape index (κ2) is 6.48. The first-order valence-electron chi connectivity index (χ1n) is 7.41. The van der Waals surface area contributed by atoms with E-state index in [9.17, 15) is 9.90 Å². The van der Waals surface area contributed by atoms with E-state index in [4.69, 9.17) is 4.74 Å². The molecule has 0 heterocycles. The molecule has 1 aliphatic carbocycles. The monoisotopic (exact) mass is 307 g/mol. The van der Waals surface area contributed by atoms with Crippen molar-refractivity contribution in [2.24, 2.45) is 4.99 Å². The topological polar surface area (TPSA) is 58.9 Å². The SMILES string of the molecule is COc1ccc(CCN=CC2=C(O)c3ccccc3C2=O)cc1. The third kappa shape index (κ3) is 3.01. The van der Waals surface area contributed by atoms with Crippen LogP contribution in [0.15, 0.2) is 59.1 Å². The number of hydrogen-bond donors (Lipinski definition) is 1. The molecule has 0 bridgehead atoms. The zero-order valence-corrected chi connectivity index (χ0v) is 12.8. The Labute approximate surface area is 134 Å². The van der Waals surface area contributed by atoms with Gasteiger partial charge in [0.05, 0.1) is 12.7 Å². The summed E-state index contributed by atoms with van der Waals surface area (Å²) in [5.74, 6) is 0.659. The first-order valence-corrected chi connectivity index (χ1v) is 7.41. The highest BCUT2D eigenvalue weighted by molar-refractivity contribution is 6.30. The molecule has 23 heavy (non-hydrogen) atoms. The fourth-order valence-corrected chi connectivity index (χ4v) is 2.55. The van der Waals surface area contributed by atoms with Crippen molar-refractivity contribution < 1.29 is 14.6 Å². The van der Waals surface area contributed by atoms with Crippen LogP contribution in [0, 0.1) is 0 Å². The molecule has 0 atom stereocenters. The van der Waals surface area contributed by atoms with Gasteiger partial charge in [-0.15, -0.1) is 0 Å². The first-order chi connectivity index (χ1) is 11.2. The van der Waals surface area contributed by atoms with Gasteiger partial charge in [0, 0.05) is 23.9 Å². The molecule has 0 unspecified atom stereocenters. The Morgan fingerprint density at radius 3 is 2.43 bits per heavy atom. The van der Waals surface area contributed by atoms with Crippen molar-refractivity contribution in [2.75, 3.05) is 13.7 Å². The number of ketones is 1. The average molecular weight is 307 g/mol. The van der Waals surface area contributed by atoms with Crippen LogP contribution in [0.2, 0.25) is 0 Å². The average Bonchev–Trinajstić information content (AvgIpc) is 2.84. The van der Waals surface area contributed by atoms with E-state index >= 15 is 0 Å². The van der Waals surface area contributed by atoms with Crippen LogP contribution in [0.25, 0.3) is 5.76 Å². The molecule has 1 N–H and O–H groups in total. The van der Waals surface area contributed by atoms with Crippen LogP contribution in [-0.4, -0.2) is 30.8 Å². The molecule has 2 aromatic rings. The highest BCUT2D eigenvalue weighted by Gasteiger charge is 2.27. The Bertz CT molecular complexity index is 789. The molecular weight excluding hydrogens is 290 g/mol. The van der Waals surface area contributed by atoms with Gasteiger partial charge in [-0.05, 0) is 24.1 Å². The van der Waals surface area contributed by atoms with Gasteiger partial charge in [0.2, 0.25) is 0 Å². The molecule has 0 saturated carbocycles. The van der Waals surface area contributed by atoms with Gasteiger partial charge in [0.1, 0.15) is 11.5 Å². The number of nitrogens with zero attached hydrogens (tertiary/aromatic N) is 1. The predicted molar refractivity (Wildman–Crippen MR) is 90.4 cm³/mol. The van der Waals surface area contributed by atoms with Crippen LogP contribution < -0.4 is 4.74 Å². The second-order valence-electron chi connectivity index (χ2n) is 5.27. The lowest BCUT2D eigenvalue weighted by Crippen LogP contribution is -2.01. The number of rotatable bonds is 5. The third-order valence-electron chi connectivity index (χ3n) is 3.84. The Morgan fingerprint density at radius 2 is 1.78 bits per heavy atom. The number of Topliss-reactive ketones (excluding diaryl/α,β-unsaturated/α-hetero) is 1. The standard InChI is InChI=1S/C19H17NO3/c1-23-14-8-6-13(7-9-14)10-11-20-12-17-18(21)15-4-2-3-5-16(15)19(17)22/h2-9,12,21H,10-11H2,1H3. The number of aliphatic hydroxyl groups excluding tert-OH is 1. The molecule has 116 valence electrons. The minimum atomic E-state index is -0.175. The Morgan fingerprint density at radius 1 is 1.09 bits per heavy atom. The molecule has 0 aromatic heterocycles. The Hall–Kier alpha value is -2.88. The van der Waals surface area contributed by atoms with Gasteiger partial charge >= 0.3 is 0 Å². The van der Waals surface area contributed by atoms with Gasteiger partial charge in [-0.1, -0.05) is 36.4 Å². The van der Waals surface area contributed by atoms with Crippen molar-refractivity contribution in [3.8, 4) is 5.75 Å². The molecule has 1 aliphatic rings. The third-order valence-corrected chi connectivity index (χ3v) is 3.84. The molecule has 0 aliphatic heterocycles. The molecular formula is C19H17NO3. The summed E-state index contributed by atoms with van der Waals surface area (Å²) in [7, 11) is 1.64. The normalized spacial score (nSPS) is 13.7. The predicted octanol–water partition coefficient (Wildman–Crippen LogP) is 3.47. The molecule has 4 nitrogen and oxygen atoms in total. The van der Waals surface area contributed by atoms with E-state index in [2.05, 4.69) is 4.99 Å². The summed E-state index contributed by atoms with van der Waals surface area (Å²) >= 11 is 0. The highest BCUT2D eigenvalue weighted by atomic mass is 16.5. The zero-order chi connectivity index (χ0) is 16.2. The number of fused-ring (bicyclic) bond motifs is 1. The first kappa shape index (κ1) is 15.0. The summed E-state index contributed by atoms with van der Waals surface area (Å²) in [5.41, 5.74) is 2.51. The van der Waals surface area contributed by atoms with Gasteiger partial charge in [0.25, 0.3) is 0 Å². The van der Waals surface area contributed by atoms with Gasteiger partial charge in [-0.2, -0.15) is 0 Å². The van der Waals surface area contributed by atoms with Crippen LogP contribution in [0.1, 0.15) is 21.5 Å². The minimum Gasteiger partial charge on any atom is -0.506 e. The van der Waals surface area contributed by atoms with Crippen molar-refractivity contribution in [3.63, 3.8) is 0 Å². The fourth-order valence-electron chi connectivity index (χ4n) is 2.55. The number of carbonyl (C=O) groups excluding carboxylic acids is 1. The van der Waals surface area contributed by atoms with Gasteiger partial charge in [0.15, 0.2) is 5.78 Å². The smallest absolute Gasteiger partial charge is 0.199 e. The zero-order valence-electron chi connectivity index (χ0n) is 12.8. The lowest BCUT2D eigenvalue weighted by molar-refractivity contribution is 0.104. The fraction of sp³-hybridized carbons (Fsp3) is 0.158. The number of allylic oxidation sites excluding steroid dienone is 1. The Kier molecular flexibility index (Phi) is 4.24. The van der Waals surface area contributed by atoms with E-state index in [-0.39, 0.29) is 17.1 Å². The number of aliphatic hydroxyl groups is 1. The second-order valence-corrected chi connectivity index (χ2v) is 5.27. The van der Waals surface area contributed by atoms with E-state index < -0.39 is 0 Å². The lowest BCUT2D eigenvalue weighted by Gasteiger charge is -2.01. The van der Waals surface area contributed by atoms with Crippen molar-refractivity contribution in [1.82, 2.24) is 0 Å². The number of aliphatic imine (C=N–C) groups is 1. The molecule has 3 rings (SSSR count). The number of ether oxygens (including phenoxy) is 1. The molecule has 0 spiro atoms. The maximum Gasteiger partial charge on any atom is 0.199 e. The number of benzene rings is 2. The van der Waals surface area contributed by atoms with Crippen molar-refractivity contribution >= 4 is 17.8 Å². The minimum absolute atomic E-state index is 0.0128. The molecule has 0 amide bonds. The lowest BCUT2D eigenvalue weighted by atomic mass is 10.1. The molecule has 0 fully saturated rings. The summed E-state index contributed by atoms with van der Waals surface area (Å²) in [6.45, 7) is 0.548. The van der Waals surface area contributed by atoms with Crippen LogP contribution in [0.4, 0.5) is 0 Å². The number of hydrogen-bond acceptors (Lipinski definition) is 4. The summed E-state index contributed by atoms with van der Waals surface area (Å²) < 4.78 is 5.12. The van der Waals surface area contributed by atoms with E-state index in [1.165, 1.54) is 6.21 Å². The van der Waals surface area contributed by atoms with Crippen LogP contribution >= 0.6 is 0 Å². The number of carbonyl (C=O) groups is 1. The molecule has 0 radical (unpaired) electrons. The van der Waals surface area contributed by atoms with Crippen LogP contribution in [0.3, 0.4) is 0 Å². The van der Waals surface area contributed by atoms with Crippen LogP contribution in [0.5, 0.6) is 5.75 Å². The van der Waals surface area contributed by atoms with Gasteiger partial charge in [-0.3, -0.25) is 9.79 Å².